The molecule has 1 rings (SSSR count). The summed E-state index contributed by atoms with van der Waals surface area (Å²) >= 11 is 9.18. The van der Waals surface area contributed by atoms with E-state index in [9.17, 15) is 0 Å². The van der Waals surface area contributed by atoms with E-state index in [1.807, 2.05) is 18.3 Å². The number of hydrogen-bond donors (Lipinski definition) is 3. The molecule has 0 saturated heterocycles. The van der Waals surface area contributed by atoms with Gasteiger partial charge in [0.15, 0.2) is 0 Å². The number of aromatic nitrogens is 1. The highest BCUT2D eigenvalue weighted by Gasteiger charge is 2.07. The van der Waals surface area contributed by atoms with Crippen LogP contribution in [0.15, 0.2) is 18.3 Å². The van der Waals surface area contributed by atoms with Crippen molar-refractivity contribution in [2.75, 3.05) is 0 Å². The second kappa shape index (κ2) is 6.43. The molecule has 0 radical (unpaired) electrons. The second-order valence-electron chi connectivity index (χ2n) is 2.54. The quantitative estimate of drug-likeness (QED) is 0.556. The zero-order chi connectivity index (χ0) is 8.97. The van der Waals surface area contributed by atoms with Crippen LogP contribution in [0.25, 0.3) is 0 Å². The molecule has 1 unspecified atom stereocenters. The number of hydrogen-bond acceptors (Lipinski definition) is 3. The van der Waals surface area contributed by atoms with Crippen molar-refractivity contribution in [1.82, 2.24) is 9.71 Å². The van der Waals surface area contributed by atoms with E-state index in [2.05, 4.69) is 29.4 Å². The summed E-state index contributed by atoms with van der Waals surface area (Å²) in [4.78, 5) is 2.99. The Labute approximate surface area is 95.1 Å². The first-order chi connectivity index (χ1) is 5.79. The Morgan fingerprint density at radius 3 is 2.85 bits per heavy atom. The number of H-pyrrole nitrogens is 1. The van der Waals surface area contributed by atoms with Gasteiger partial charge < -0.3 is 4.98 Å². The molecule has 0 bridgehead atoms. The van der Waals surface area contributed by atoms with E-state index < -0.39 is 0 Å². The summed E-state index contributed by atoms with van der Waals surface area (Å²) in [6.45, 7) is 2.09. The highest BCUT2D eigenvalue weighted by Crippen LogP contribution is 2.16. The van der Waals surface area contributed by atoms with E-state index in [0.717, 1.165) is 16.6 Å². The topological polar surface area (TPSA) is 27.8 Å². The zero-order valence-electron chi connectivity index (χ0n) is 7.28. The molecule has 0 fully saturated rings. The van der Waals surface area contributed by atoms with Gasteiger partial charge in [-0.25, -0.2) is 0 Å². The van der Waals surface area contributed by atoms with Crippen molar-refractivity contribution in [2.45, 2.75) is 19.4 Å². The first kappa shape index (κ1) is 13.0. The Morgan fingerprint density at radius 2 is 2.38 bits per heavy atom. The van der Waals surface area contributed by atoms with Gasteiger partial charge in [0.25, 0.3) is 0 Å². The van der Waals surface area contributed by atoms with E-state index in [4.69, 9.17) is 12.2 Å². The van der Waals surface area contributed by atoms with Crippen LogP contribution in [0.3, 0.4) is 0 Å². The summed E-state index contributed by atoms with van der Waals surface area (Å²) in [6.07, 6.45) is 2.81. The van der Waals surface area contributed by atoms with Crippen molar-refractivity contribution in [2.24, 2.45) is 0 Å². The Bertz CT molecular complexity index is 296. The molecule has 0 saturated carbocycles. The lowest BCUT2D eigenvalue weighted by atomic mass is 10.1. The minimum absolute atomic E-state index is 0. The van der Waals surface area contributed by atoms with Gasteiger partial charge in [0, 0.05) is 17.8 Å². The van der Waals surface area contributed by atoms with Crippen molar-refractivity contribution < 1.29 is 0 Å². The average Bonchev–Trinajstić information content (AvgIpc) is 2.10. The fourth-order valence-electron chi connectivity index (χ4n) is 1.09. The van der Waals surface area contributed by atoms with E-state index in [0.29, 0.717) is 0 Å². The lowest BCUT2D eigenvalue weighted by Crippen LogP contribution is -2.10. The third kappa shape index (κ3) is 3.31. The van der Waals surface area contributed by atoms with E-state index >= 15 is 0 Å². The van der Waals surface area contributed by atoms with Gasteiger partial charge in [-0.2, -0.15) is 0 Å². The SMILES string of the molecule is CCC(NS)c1ccc[nH]c1=S.Cl. The molecule has 2 nitrogen and oxygen atoms in total. The molecule has 74 valence electrons. The van der Waals surface area contributed by atoms with Crippen LogP contribution in [0.4, 0.5) is 0 Å². The molecule has 2 N–H and O–H groups in total. The number of thiol groups is 1. The summed E-state index contributed by atoms with van der Waals surface area (Å²) in [6, 6.07) is 4.19. The van der Waals surface area contributed by atoms with Crippen LogP contribution in [0.2, 0.25) is 0 Å². The third-order valence-corrected chi connectivity index (χ3v) is 2.45. The Morgan fingerprint density at radius 1 is 1.69 bits per heavy atom. The molecule has 0 aliphatic rings. The highest BCUT2D eigenvalue weighted by atomic mass is 35.5. The summed E-state index contributed by atoms with van der Waals surface area (Å²) in [7, 11) is 0. The maximum Gasteiger partial charge on any atom is 0.108 e. The maximum absolute atomic E-state index is 5.13. The second-order valence-corrected chi connectivity index (χ2v) is 3.21. The van der Waals surface area contributed by atoms with Crippen molar-refractivity contribution in [3.63, 3.8) is 0 Å². The van der Waals surface area contributed by atoms with Crippen LogP contribution in [0.5, 0.6) is 0 Å². The molecule has 1 aromatic heterocycles. The fraction of sp³-hybridized carbons (Fsp3) is 0.375. The predicted octanol–water partition coefficient (Wildman–Crippen LogP) is 3.05. The molecule has 1 heterocycles. The molecular formula is C8H13ClN2S2. The van der Waals surface area contributed by atoms with Crippen molar-refractivity contribution in [3.05, 3.63) is 28.5 Å². The molecule has 0 spiro atoms. The molecule has 13 heavy (non-hydrogen) atoms. The maximum atomic E-state index is 5.13. The first-order valence-corrected chi connectivity index (χ1v) is 4.72. The van der Waals surface area contributed by atoms with Crippen LogP contribution >= 0.6 is 37.4 Å². The zero-order valence-corrected chi connectivity index (χ0v) is 9.81. The number of aromatic amines is 1. The van der Waals surface area contributed by atoms with Crippen LogP contribution in [0, 0.1) is 4.64 Å². The summed E-state index contributed by atoms with van der Waals surface area (Å²) < 4.78 is 3.70. The summed E-state index contributed by atoms with van der Waals surface area (Å²) in [5.74, 6) is 0. The minimum atomic E-state index is 0. The summed E-state index contributed by atoms with van der Waals surface area (Å²) in [5.41, 5.74) is 1.10. The Hall–Kier alpha value is -0.0300. The van der Waals surface area contributed by atoms with Crippen molar-refractivity contribution in [1.29, 1.82) is 0 Å². The molecule has 0 aromatic carbocycles. The number of pyridine rings is 1. The van der Waals surface area contributed by atoms with Crippen molar-refractivity contribution >= 4 is 37.4 Å². The lowest BCUT2D eigenvalue weighted by molar-refractivity contribution is 0.650. The molecule has 1 atom stereocenters. The van der Waals surface area contributed by atoms with Gasteiger partial charge in [0.1, 0.15) is 4.64 Å². The molecule has 0 aliphatic heterocycles. The standard InChI is InChI=1S/C8H12N2S2.ClH/c1-2-7(10-12)6-4-3-5-9-8(6)11;/h3-5,7,10,12H,2H2,1H3,(H,9,11);1H. The minimum Gasteiger partial charge on any atom is -0.353 e. The van der Waals surface area contributed by atoms with Gasteiger partial charge in [-0.15, -0.1) is 12.4 Å². The Kier molecular flexibility index (Phi) is 6.41. The van der Waals surface area contributed by atoms with Gasteiger partial charge in [0.05, 0.1) is 0 Å². The normalized spacial score (nSPS) is 11.8. The van der Waals surface area contributed by atoms with Gasteiger partial charge in [-0.1, -0.05) is 38.0 Å². The van der Waals surface area contributed by atoms with Gasteiger partial charge >= 0.3 is 0 Å². The molecule has 5 heteroatoms. The molecule has 1 aromatic rings. The van der Waals surface area contributed by atoms with Crippen LogP contribution in [-0.2, 0) is 0 Å². The Balaban J connectivity index is 0.00000144. The van der Waals surface area contributed by atoms with Crippen LogP contribution < -0.4 is 4.72 Å². The lowest BCUT2D eigenvalue weighted by Gasteiger charge is -2.12. The largest absolute Gasteiger partial charge is 0.353 e. The smallest absolute Gasteiger partial charge is 0.108 e. The molecule has 0 aliphatic carbocycles. The number of nitrogens with one attached hydrogen (secondary N) is 2. The number of rotatable bonds is 3. The first-order valence-electron chi connectivity index (χ1n) is 3.86. The van der Waals surface area contributed by atoms with E-state index in [1.165, 1.54) is 0 Å². The van der Waals surface area contributed by atoms with Gasteiger partial charge in [0.2, 0.25) is 0 Å². The van der Waals surface area contributed by atoms with Crippen LogP contribution in [0.1, 0.15) is 24.9 Å². The predicted molar refractivity (Wildman–Crippen MR) is 64.0 cm³/mol. The molecular weight excluding hydrogens is 224 g/mol. The van der Waals surface area contributed by atoms with E-state index in [1.54, 1.807) is 0 Å². The fourth-order valence-corrected chi connectivity index (χ4v) is 1.69. The van der Waals surface area contributed by atoms with Crippen LogP contribution in [-0.4, -0.2) is 4.98 Å². The van der Waals surface area contributed by atoms with Crippen molar-refractivity contribution in [3.8, 4) is 0 Å². The van der Waals surface area contributed by atoms with Gasteiger partial charge in [-0.05, 0) is 12.5 Å². The highest BCUT2D eigenvalue weighted by molar-refractivity contribution is 7.78. The van der Waals surface area contributed by atoms with Gasteiger partial charge in [-0.3, -0.25) is 4.72 Å². The summed E-state index contributed by atoms with van der Waals surface area (Å²) in [5, 5.41) is 0. The monoisotopic (exact) mass is 236 g/mol. The average molecular weight is 237 g/mol. The van der Waals surface area contributed by atoms with E-state index in [-0.39, 0.29) is 18.4 Å². The third-order valence-electron chi connectivity index (χ3n) is 1.79. The molecule has 0 amide bonds. The number of halogens is 1.